The summed E-state index contributed by atoms with van der Waals surface area (Å²) >= 11 is 2.94. The van der Waals surface area contributed by atoms with Crippen molar-refractivity contribution in [1.82, 2.24) is 25.8 Å². The van der Waals surface area contributed by atoms with E-state index in [0.717, 1.165) is 10.6 Å². The standard InChI is InChI=1S/C23H15N5O2S2/c29-21(27-28-22(30)20-13-32-23(26-20)14-8-10-31-12-14)16-11-19(18-7-3-4-9-24-18)25-17-6-2-1-5-15(16)17/h1-13H,(H,27,29)(H,28,30). The molecule has 0 bridgehead atoms. The highest BCUT2D eigenvalue weighted by Gasteiger charge is 2.17. The molecule has 9 heteroatoms. The summed E-state index contributed by atoms with van der Waals surface area (Å²) in [6.07, 6.45) is 1.67. The third kappa shape index (κ3) is 3.98. The van der Waals surface area contributed by atoms with Gasteiger partial charge in [0.1, 0.15) is 10.7 Å². The van der Waals surface area contributed by atoms with Crippen LogP contribution in [0.25, 0.3) is 32.9 Å². The Kier molecular flexibility index (Phi) is 5.40. The Bertz CT molecular complexity index is 1420. The fourth-order valence-corrected chi connectivity index (χ4v) is 4.66. The lowest BCUT2D eigenvalue weighted by Gasteiger charge is -2.10. The van der Waals surface area contributed by atoms with E-state index < -0.39 is 11.8 Å². The average molecular weight is 458 g/mol. The Balaban J connectivity index is 1.38. The summed E-state index contributed by atoms with van der Waals surface area (Å²) in [5, 5.41) is 7.01. The fourth-order valence-electron chi connectivity index (χ4n) is 3.15. The van der Waals surface area contributed by atoms with Crippen molar-refractivity contribution in [2.45, 2.75) is 0 Å². The first-order valence-corrected chi connectivity index (χ1v) is 11.4. The van der Waals surface area contributed by atoms with E-state index in [2.05, 4.69) is 25.8 Å². The number of pyridine rings is 2. The highest BCUT2D eigenvalue weighted by Crippen LogP contribution is 2.26. The van der Waals surface area contributed by atoms with Crippen LogP contribution >= 0.6 is 22.7 Å². The molecule has 0 spiro atoms. The number of hydrogen-bond acceptors (Lipinski definition) is 7. The molecule has 0 saturated carbocycles. The summed E-state index contributed by atoms with van der Waals surface area (Å²) in [5.74, 6) is -0.943. The van der Waals surface area contributed by atoms with Crippen LogP contribution in [0.1, 0.15) is 20.8 Å². The molecule has 0 radical (unpaired) electrons. The van der Waals surface area contributed by atoms with E-state index in [1.165, 1.54) is 11.3 Å². The van der Waals surface area contributed by atoms with Gasteiger partial charge in [0.15, 0.2) is 0 Å². The molecule has 2 N–H and O–H groups in total. The van der Waals surface area contributed by atoms with Crippen molar-refractivity contribution in [3.05, 3.63) is 88.2 Å². The number of fused-ring (bicyclic) bond motifs is 1. The van der Waals surface area contributed by atoms with Crippen LogP contribution in [0, 0.1) is 0 Å². The van der Waals surface area contributed by atoms with Gasteiger partial charge in [0.25, 0.3) is 11.8 Å². The molecule has 2 amide bonds. The fraction of sp³-hybridized carbons (Fsp3) is 0. The minimum atomic E-state index is -0.487. The molecule has 4 heterocycles. The van der Waals surface area contributed by atoms with Gasteiger partial charge in [-0.2, -0.15) is 11.3 Å². The van der Waals surface area contributed by atoms with Crippen molar-refractivity contribution >= 4 is 45.4 Å². The Morgan fingerprint density at radius 1 is 0.844 bits per heavy atom. The van der Waals surface area contributed by atoms with Crippen molar-refractivity contribution < 1.29 is 9.59 Å². The van der Waals surface area contributed by atoms with E-state index >= 15 is 0 Å². The van der Waals surface area contributed by atoms with Crippen molar-refractivity contribution in [2.75, 3.05) is 0 Å². The lowest BCUT2D eigenvalue weighted by Crippen LogP contribution is -2.41. The van der Waals surface area contributed by atoms with Gasteiger partial charge < -0.3 is 0 Å². The predicted octanol–water partition coefficient (Wildman–Crippen LogP) is 4.56. The summed E-state index contributed by atoms with van der Waals surface area (Å²) < 4.78 is 0. The van der Waals surface area contributed by atoms with Gasteiger partial charge in [0.05, 0.1) is 22.5 Å². The predicted molar refractivity (Wildman–Crippen MR) is 125 cm³/mol. The number of hydrogen-bond donors (Lipinski definition) is 2. The van der Waals surface area contributed by atoms with Gasteiger partial charge in [-0.05, 0) is 35.7 Å². The number of para-hydroxylation sites is 1. The molecule has 5 aromatic rings. The zero-order valence-electron chi connectivity index (χ0n) is 16.5. The SMILES string of the molecule is O=C(NNC(=O)c1cc(-c2ccccn2)nc2ccccc12)c1csc(-c2ccsc2)n1. The number of nitrogens with one attached hydrogen (secondary N) is 2. The van der Waals surface area contributed by atoms with Crippen LogP contribution in [0.5, 0.6) is 0 Å². The highest BCUT2D eigenvalue weighted by molar-refractivity contribution is 7.14. The number of thiophene rings is 1. The van der Waals surface area contributed by atoms with Gasteiger partial charge in [-0.1, -0.05) is 24.3 Å². The van der Waals surface area contributed by atoms with Crippen LogP contribution in [-0.4, -0.2) is 26.8 Å². The van der Waals surface area contributed by atoms with Gasteiger partial charge in [-0.3, -0.25) is 25.4 Å². The number of aromatic nitrogens is 3. The molecule has 0 aliphatic carbocycles. The van der Waals surface area contributed by atoms with E-state index in [0.29, 0.717) is 27.9 Å². The smallest absolute Gasteiger partial charge is 0.267 e. The summed E-state index contributed by atoms with van der Waals surface area (Å²) in [6, 6.07) is 16.5. The number of hydrazine groups is 1. The second-order valence-electron chi connectivity index (χ2n) is 6.75. The van der Waals surface area contributed by atoms with Crippen LogP contribution in [-0.2, 0) is 0 Å². The Morgan fingerprint density at radius 2 is 1.69 bits per heavy atom. The zero-order chi connectivity index (χ0) is 21.9. The summed E-state index contributed by atoms with van der Waals surface area (Å²) in [4.78, 5) is 38.8. The van der Waals surface area contributed by atoms with E-state index in [1.807, 2.05) is 59.3 Å². The molecule has 7 nitrogen and oxygen atoms in total. The third-order valence-electron chi connectivity index (χ3n) is 4.68. The maximum absolute atomic E-state index is 13.0. The average Bonchev–Trinajstić information content (AvgIpc) is 3.54. The third-order valence-corrected chi connectivity index (χ3v) is 6.26. The number of amides is 2. The Morgan fingerprint density at radius 3 is 2.50 bits per heavy atom. The number of carbonyl (C=O) groups excluding carboxylic acids is 2. The molecule has 0 saturated heterocycles. The van der Waals surface area contributed by atoms with Crippen LogP contribution in [0.4, 0.5) is 0 Å². The monoisotopic (exact) mass is 457 g/mol. The van der Waals surface area contributed by atoms with Crippen LogP contribution in [0.3, 0.4) is 0 Å². The molecule has 4 aromatic heterocycles. The first-order chi connectivity index (χ1) is 15.7. The highest BCUT2D eigenvalue weighted by atomic mass is 32.1. The summed E-state index contributed by atoms with van der Waals surface area (Å²) in [6.45, 7) is 0. The minimum Gasteiger partial charge on any atom is -0.267 e. The second kappa shape index (κ2) is 8.66. The maximum Gasteiger partial charge on any atom is 0.289 e. The van der Waals surface area contributed by atoms with Gasteiger partial charge in [0, 0.05) is 27.9 Å². The topological polar surface area (TPSA) is 96.9 Å². The molecule has 0 aliphatic heterocycles. The maximum atomic E-state index is 13.0. The second-order valence-corrected chi connectivity index (χ2v) is 8.38. The molecule has 0 unspecified atom stereocenters. The van der Waals surface area contributed by atoms with E-state index in [1.54, 1.807) is 29.0 Å². The number of nitrogens with zero attached hydrogens (tertiary/aromatic N) is 3. The van der Waals surface area contributed by atoms with Gasteiger partial charge in [-0.15, -0.1) is 11.3 Å². The van der Waals surface area contributed by atoms with Gasteiger partial charge in [0.2, 0.25) is 0 Å². The van der Waals surface area contributed by atoms with Crippen LogP contribution in [0.2, 0.25) is 0 Å². The zero-order valence-corrected chi connectivity index (χ0v) is 18.1. The lowest BCUT2D eigenvalue weighted by molar-refractivity contribution is 0.0845. The van der Waals surface area contributed by atoms with E-state index in [4.69, 9.17) is 0 Å². The van der Waals surface area contributed by atoms with Crippen LogP contribution < -0.4 is 10.9 Å². The van der Waals surface area contributed by atoms with E-state index in [9.17, 15) is 9.59 Å². The van der Waals surface area contributed by atoms with Crippen molar-refractivity contribution in [2.24, 2.45) is 0 Å². The Labute approximate surface area is 190 Å². The van der Waals surface area contributed by atoms with Gasteiger partial charge >= 0.3 is 0 Å². The van der Waals surface area contributed by atoms with Crippen molar-refractivity contribution in [1.29, 1.82) is 0 Å². The summed E-state index contributed by atoms with van der Waals surface area (Å²) in [5.41, 5.74) is 8.42. The minimum absolute atomic E-state index is 0.241. The molecular formula is C23H15N5O2S2. The number of rotatable bonds is 4. The first-order valence-electron chi connectivity index (χ1n) is 9.59. The van der Waals surface area contributed by atoms with Gasteiger partial charge in [-0.25, -0.2) is 9.97 Å². The quantitative estimate of drug-likeness (QED) is 0.386. The molecule has 1 aromatic carbocycles. The van der Waals surface area contributed by atoms with Crippen molar-refractivity contribution in [3.8, 4) is 22.0 Å². The first kappa shape index (κ1) is 20.0. The van der Waals surface area contributed by atoms with Crippen LogP contribution in [0.15, 0.2) is 76.9 Å². The number of carbonyl (C=O) groups is 2. The largest absolute Gasteiger partial charge is 0.289 e. The molecule has 0 aliphatic rings. The number of thiazole rings is 1. The lowest BCUT2D eigenvalue weighted by atomic mass is 10.1. The van der Waals surface area contributed by atoms with Crippen molar-refractivity contribution in [3.63, 3.8) is 0 Å². The molecule has 5 rings (SSSR count). The Hall–Kier alpha value is -3.95. The normalized spacial score (nSPS) is 10.8. The molecule has 156 valence electrons. The molecule has 0 atom stereocenters. The molecular weight excluding hydrogens is 442 g/mol. The summed E-state index contributed by atoms with van der Waals surface area (Å²) in [7, 11) is 0. The molecule has 32 heavy (non-hydrogen) atoms. The number of benzene rings is 1. The molecule has 0 fully saturated rings. The van der Waals surface area contributed by atoms with E-state index in [-0.39, 0.29) is 5.69 Å².